The van der Waals surface area contributed by atoms with Gasteiger partial charge in [-0.3, -0.25) is 4.79 Å². The molecule has 0 spiro atoms. The first kappa shape index (κ1) is 20.2. The standard InChI is InChI=1S/C25H21N3O3S/c29-24(16-31-25(30)22-14-18-10-7-13-21(18)32-22)26-23-15-20(17-8-3-1-4-9-17)27-28(23)19-11-5-2-6-12-19/h1-6,8-9,11-12,14-15H,7,10,13,16H2,(H,26,29). The van der Waals surface area contributed by atoms with E-state index in [1.165, 1.54) is 21.8 Å². The van der Waals surface area contributed by atoms with E-state index in [0.717, 1.165) is 36.2 Å². The number of nitrogens with zero attached hydrogens (tertiary/aromatic N) is 2. The lowest BCUT2D eigenvalue weighted by Gasteiger charge is -2.09. The van der Waals surface area contributed by atoms with Crippen LogP contribution in [0.2, 0.25) is 0 Å². The summed E-state index contributed by atoms with van der Waals surface area (Å²) < 4.78 is 6.94. The number of amides is 1. The summed E-state index contributed by atoms with van der Waals surface area (Å²) in [5, 5.41) is 7.50. The Balaban J connectivity index is 1.31. The van der Waals surface area contributed by atoms with Crippen LogP contribution in [0.3, 0.4) is 0 Å². The van der Waals surface area contributed by atoms with E-state index in [0.29, 0.717) is 10.7 Å². The van der Waals surface area contributed by atoms with Crippen LogP contribution in [0.5, 0.6) is 0 Å². The monoisotopic (exact) mass is 443 g/mol. The van der Waals surface area contributed by atoms with E-state index >= 15 is 0 Å². The highest BCUT2D eigenvalue weighted by atomic mass is 32.1. The molecule has 160 valence electrons. The number of aromatic nitrogens is 2. The van der Waals surface area contributed by atoms with Gasteiger partial charge in [0.15, 0.2) is 6.61 Å². The lowest BCUT2D eigenvalue weighted by molar-refractivity contribution is -0.119. The van der Waals surface area contributed by atoms with Gasteiger partial charge in [-0.25, -0.2) is 9.48 Å². The van der Waals surface area contributed by atoms with Crippen LogP contribution in [0.25, 0.3) is 16.9 Å². The summed E-state index contributed by atoms with van der Waals surface area (Å²) in [6, 6.07) is 23.0. The molecule has 0 atom stereocenters. The highest BCUT2D eigenvalue weighted by Crippen LogP contribution is 2.31. The van der Waals surface area contributed by atoms with E-state index in [2.05, 4.69) is 10.4 Å². The number of anilines is 1. The molecule has 2 aromatic heterocycles. The lowest BCUT2D eigenvalue weighted by Crippen LogP contribution is -2.22. The normalized spacial score (nSPS) is 12.4. The quantitative estimate of drug-likeness (QED) is 0.431. The van der Waals surface area contributed by atoms with Crippen molar-refractivity contribution in [3.8, 4) is 16.9 Å². The molecule has 5 rings (SSSR count). The second-order valence-corrected chi connectivity index (χ2v) is 8.70. The Kier molecular flexibility index (Phi) is 5.56. The Hall–Kier alpha value is -3.71. The topological polar surface area (TPSA) is 73.2 Å². The Morgan fingerprint density at radius 3 is 2.50 bits per heavy atom. The maximum absolute atomic E-state index is 12.6. The van der Waals surface area contributed by atoms with Gasteiger partial charge in [0, 0.05) is 16.5 Å². The molecule has 2 aromatic carbocycles. The molecule has 7 heteroatoms. The largest absolute Gasteiger partial charge is 0.451 e. The maximum atomic E-state index is 12.6. The molecular formula is C25H21N3O3S. The third kappa shape index (κ3) is 4.20. The highest BCUT2D eigenvalue weighted by Gasteiger charge is 2.20. The van der Waals surface area contributed by atoms with Crippen molar-refractivity contribution in [2.24, 2.45) is 0 Å². The van der Waals surface area contributed by atoms with E-state index in [1.807, 2.05) is 72.8 Å². The number of carbonyl (C=O) groups is 2. The van der Waals surface area contributed by atoms with Crippen LogP contribution in [0.1, 0.15) is 26.5 Å². The van der Waals surface area contributed by atoms with Crippen molar-refractivity contribution >= 4 is 29.0 Å². The molecule has 0 saturated carbocycles. The predicted octanol–water partition coefficient (Wildman–Crippen LogP) is 4.89. The van der Waals surface area contributed by atoms with Crippen molar-refractivity contribution in [3.05, 3.63) is 88.1 Å². The SMILES string of the molecule is O=C(COC(=O)c1cc2c(s1)CCC2)Nc1cc(-c2ccccc2)nn1-c1ccccc1. The minimum absolute atomic E-state index is 0.359. The Bertz CT molecular complexity index is 1240. The van der Waals surface area contributed by atoms with Crippen molar-refractivity contribution in [2.75, 3.05) is 11.9 Å². The lowest BCUT2D eigenvalue weighted by atomic mass is 10.2. The van der Waals surface area contributed by atoms with Gasteiger partial charge in [0.2, 0.25) is 0 Å². The molecule has 1 aliphatic rings. The average Bonchev–Trinajstić information content (AvgIpc) is 3.54. The Morgan fingerprint density at radius 1 is 1.00 bits per heavy atom. The molecule has 0 unspecified atom stereocenters. The second-order valence-electron chi connectivity index (χ2n) is 7.57. The Labute approximate surface area is 189 Å². The van der Waals surface area contributed by atoms with Crippen molar-refractivity contribution in [2.45, 2.75) is 19.3 Å². The van der Waals surface area contributed by atoms with E-state index in [4.69, 9.17) is 4.74 Å². The van der Waals surface area contributed by atoms with Crippen molar-refractivity contribution in [1.82, 2.24) is 9.78 Å². The molecule has 0 radical (unpaired) electrons. The minimum Gasteiger partial charge on any atom is -0.451 e. The molecule has 0 fully saturated rings. The number of thiophene rings is 1. The zero-order valence-electron chi connectivity index (χ0n) is 17.3. The summed E-state index contributed by atoms with van der Waals surface area (Å²) in [4.78, 5) is 26.8. The number of esters is 1. The van der Waals surface area contributed by atoms with Gasteiger partial charge in [-0.05, 0) is 43.0 Å². The van der Waals surface area contributed by atoms with Gasteiger partial charge in [-0.1, -0.05) is 48.5 Å². The summed E-state index contributed by atoms with van der Waals surface area (Å²) in [6.07, 6.45) is 3.16. The summed E-state index contributed by atoms with van der Waals surface area (Å²) in [5.41, 5.74) is 3.71. The van der Waals surface area contributed by atoms with Gasteiger partial charge in [0.25, 0.3) is 5.91 Å². The van der Waals surface area contributed by atoms with Gasteiger partial charge in [0.1, 0.15) is 10.7 Å². The number of nitrogens with one attached hydrogen (secondary N) is 1. The number of carbonyl (C=O) groups excluding carboxylic acids is 2. The van der Waals surface area contributed by atoms with Gasteiger partial charge in [0.05, 0.1) is 11.4 Å². The van der Waals surface area contributed by atoms with E-state index in [-0.39, 0.29) is 6.61 Å². The smallest absolute Gasteiger partial charge is 0.348 e. The molecule has 2 heterocycles. The first-order valence-electron chi connectivity index (χ1n) is 10.5. The number of hydrogen-bond acceptors (Lipinski definition) is 5. The van der Waals surface area contributed by atoms with Gasteiger partial charge in [-0.15, -0.1) is 11.3 Å². The summed E-state index contributed by atoms with van der Waals surface area (Å²) in [7, 11) is 0. The summed E-state index contributed by atoms with van der Waals surface area (Å²) in [6.45, 7) is -0.359. The van der Waals surface area contributed by atoms with Crippen molar-refractivity contribution < 1.29 is 14.3 Å². The fourth-order valence-electron chi connectivity index (χ4n) is 3.80. The van der Waals surface area contributed by atoms with Crippen molar-refractivity contribution in [1.29, 1.82) is 0 Å². The zero-order chi connectivity index (χ0) is 21.9. The first-order chi connectivity index (χ1) is 15.7. The molecule has 0 bridgehead atoms. The molecule has 1 amide bonds. The maximum Gasteiger partial charge on any atom is 0.348 e. The number of benzene rings is 2. The summed E-state index contributed by atoms with van der Waals surface area (Å²) >= 11 is 1.47. The van der Waals surface area contributed by atoms with Gasteiger partial charge < -0.3 is 10.1 Å². The van der Waals surface area contributed by atoms with Crippen LogP contribution < -0.4 is 5.32 Å². The number of fused-ring (bicyclic) bond motifs is 1. The van der Waals surface area contributed by atoms with E-state index in [9.17, 15) is 9.59 Å². The number of ether oxygens (including phenoxy) is 1. The van der Waals surface area contributed by atoms with Crippen LogP contribution in [-0.4, -0.2) is 28.3 Å². The molecule has 0 saturated heterocycles. The second kappa shape index (κ2) is 8.80. The fraction of sp³-hybridized carbons (Fsp3) is 0.160. The average molecular weight is 444 g/mol. The summed E-state index contributed by atoms with van der Waals surface area (Å²) in [5.74, 6) is -0.369. The van der Waals surface area contributed by atoms with Gasteiger partial charge >= 0.3 is 5.97 Å². The van der Waals surface area contributed by atoms with E-state index in [1.54, 1.807) is 4.68 Å². The van der Waals surface area contributed by atoms with E-state index < -0.39 is 11.9 Å². The molecule has 1 aliphatic carbocycles. The van der Waals surface area contributed by atoms with Gasteiger partial charge in [-0.2, -0.15) is 5.10 Å². The highest BCUT2D eigenvalue weighted by molar-refractivity contribution is 7.14. The first-order valence-corrected chi connectivity index (χ1v) is 11.3. The molecule has 6 nitrogen and oxygen atoms in total. The fourth-order valence-corrected chi connectivity index (χ4v) is 4.94. The van der Waals surface area contributed by atoms with Crippen LogP contribution in [0, 0.1) is 0 Å². The number of aryl methyl sites for hydroxylation is 2. The molecular weight excluding hydrogens is 422 g/mol. The van der Waals surface area contributed by atoms with Crippen LogP contribution >= 0.6 is 11.3 Å². The minimum atomic E-state index is -0.457. The van der Waals surface area contributed by atoms with Crippen molar-refractivity contribution in [3.63, 3.8) is 0 Å². The molecule has 4 aromatic rings. The third-order valence-electron chi connectivity index (χ3n) is 5.33. The molecule has 32 heavy (non-hydrogen) atoms. The predicted molar refractivity (Wildman–Crippen MR) is 124 cm³/mol. The van der Waals surface area contributed by atoms with Crippen LogP contribution in [0.4, 0.5) is 5.82 Å². The molecule has 0 aliphatic heterocycles. The van der Waals surface area contributed by atoms with Crippen LogP contribution in [0.15, 0.2) is 72.8 Å². The zero-order valence-corrected chi connectivity index (χ0v) is 18.1. The third-order valence-corrected chi connectivity index (χ3v) is 6.55. The van der Waals surface area contributed by atoms with Crippen LogP contribution in [-0.2, 0) is 22.4 Å². The number of hydrogen-bond donors (Lipinski definition) is 1. The molecule has 1 N–H and O–H groups in total. The number of para-hydroxylation sites is 1. The Morgan fingerprint density at radius 2 is 1.75 bits per heavy atom. The number of rotatable bonds is 6.